The first-order valence-electron chi connectivity index (χ1n) is 3.66. The number of rotatable bonds is 2. The van der Waals surface area contributed by atoms with Crippen LogP contribution in [0.25, 0.3) is 0 Å². The van der Waals surface area contributed by atoms with Crippen molar-refractivity contribution in [3.05, 3.63) is 22.8 Å². The Labute approximate surface area is 81.3 Å². The average Bonchev–Trinajstić information content (AvgIpc) is 2.03. The second-order valence-electron chi connectivity index (χ2n) is 2.77. The molecular formula is C8H10ClN3O. The molecule has 2 N–H and O–H groups in total. The standard InChI is InChI=1S/C8H10ClN3O/c1-12(2)6-4-3-5(8(10)13)7(9)11-6/h3-4H,1-2H3,(H2,10,13). The summed E-state index contributed by atoms with van der Waals surface area (Å²) in [7, 11) is 3.67. The number of nitrogens with two attached hydrogens (primary N) is 1. The van der Waals surface area contributed by atoms with Crippen molar-refractivity contribution in [3.63, 3.8) is 0 Å². The summed E-state index contributed by atoms with van der Waals surface area (Å²) in [5.74, 6) is 0.123. The van der Waals surface area contributed by atoms with Gasteiger partial charge >= 0.3 is 0 Å². The maximum atomic E-state index is 10.8. The van der Waals surface area contributed by atoms with E-state index in [4.69, 9.17) is 17.3 Å². The number of carbonyl (C=O) groups is 1. The van der Waals surface area contributed by atoms with Gasteiger partial charge in [-0.3, -0.25) is 4.79 Å². The van der Waals surface area contributed by atoms with Crippen molar-refractivity contribution in [1.29, 1.82) is 0 Å². The van der Waals surface area contributed by atoms with E-state index in [-0.39, 0.29) is 10.7 Å². The van der Waals surface area contributed by atoms with Crippen molar-refractivity contribution in [2.45, 2.75) is 0 Å². The highest BCUT2D eigenvalue weighted by Crippen LogP contribution is 2.17. The van der Waals surface area contributed by atoms with Crippen LogP contribution in [0.2, 0.25) is 5.15 Å². The maximum Gasteiger partial charge on any atom is 0.251 e. The van der Waals surface area contributed by atoms with Crippen molar-refractivity contribution in [2.75, 3.05) is 19.0 Å². The Morgan fingerprint density at radius 1 is 1.54 bits per heavy atom. The number of halogens is 1. The Kier molecular flexibility index (Phi) is 2.72. The molecule has 0 bridgehead atoms. The zero-order valence-electron chi connectivity index (χ0n) is 7.41. The molecule has 0 aliphatic heterocycles. The molecule has 0 aliphatic rings. The highest BCUT2D eigenvalue weighted by atomic mass is 35.5. The number of hydrogen-bond donors (Lipinski definition) is 1. The summed E-state index contributed by atoms with van der Waals surface area (Å²) in [6, 6.07) is 3.25. The first-order valence-corrected chi connectivity index (χ1v) is 4.04. The fourth-order valence-electron chi connectivity index (χ4n) is 0.858. The molecule has 0 aromatic carbocycles. The van der Waals surface area contributed by atoms with E-state index in [1.807, 2.05) is 14.1 Å². The molecule has 0 saturated heterocycles. The number of primary amides is 1. The fraction of sp³-hybridized carbons (Fsp3) is 0.250. The second-order valence-corrected chi connectivity index (χ2v) is 3.12. The summed E-state index contributed by atoms with van der Waals surface area (Å²) < 4.78 is 0. The summed E-state index contributed by atoms with van der Waals surface area (Å²) in [5, 5.41) is 0.138. The average molecular weight is 200 g/mol. The normalized spacial score (nSPS) is 9.77. The van der Waals surface area contributed by atoms with Gasteiger partial charge in [0.1, 0.15) is 11.0 Å². The van der Waals surface area contributed by atoms with Crippen LogP contribution in [0.1, 0.15) is 10.4 Å². The quantitative estimate of drug-likeness (QED) is 0.720. The van der Waals surface area contributed by atoms with Crippen LogP contribution in [0.4, 0.5) is 5.82 Å². The molecule has 0 aliphatic carbocycles. The van der Waals surface area contributed by atoms with E-state index in [1.165, 1.54) is 0 Å². The predicted octanol–water partition coefficient (Wildman–Crippen LogP) is 0.900. The van der Waals surface area contributed by atoms with Gasteiger partial charge in [0.15, 0.2) is 0 Å². The third-order valence-corrected chi connectivity index (χ3v) is 1.85. The molecule has 0 unspecified atom stereocenters. The molecule has 0 atom stereocenters. The lowest BCUT2D eigenvalue weighted by Crippen LogP contribution is -2.15. The Bertz CT molecular complexity index is 338. The topological polar surface area (TPSA) is 59.2 Å². The Hall–Kier alpha value is -1.29. The van der Waals surface area contributed by atoms with E-state index in [0.29, 0.717) is 5.82 Å². The number of pyridine rings is 1. The number of aromatic nitrogens is 1. The number of anilines is 1. The molecule has 1 aromatic rings. The zero-order valence-corrected chi connectivity index (χ0v) is 8.17. The van der Waals surface area contributed by atoms with Gasteiger partial charge in [0.2, 0.25) is 0 Å². The Balaban J connectivity index is 3.13. The van der Waals surface area contributed by atoms with Gasteiger partial charge in [-0.05, 0) is 12.1 Å². The van der Waals surface area contributed by atoms with Gasteiger partial charge < -0.3 is 10.6 Å². The van der Waals surface area contributed by atoms with E-state index in [2.05, 4.69) is 4.98 Å². The lowest BCUT2D eigenvalue weighted by Gasteiger charge is -2.11. The molecule has 5 heteroatoms. The van der Waals surface area contributed by atoms with Crippen molar-refractivity contribution in [1.82, 2.24) is 4.98 Å². The van der Waals surface area contributed by atoms with Gasteiger partial charge in [-0.1, -0.05) is 11.6 Å². The van der Waals surface area contributed by atoms with Crippen molar-refractivity contribution in [2.24, 2.45) is 5.73 Å². The summed E-state index contributed by atoms with van der Waals surface area (Å²) in [6.45, 7) is 0. The summed E-state index contributed by atoms with van der Waals surface area (Å²) in [5.41, 5.74) is 5.31. The van der Waals surface area contributed by atoms with Crippen LogP contribution in [0, 0.1) is 0 Å². The van der Waals surface area contributed by atoms with Gasteiger partial charge in [-0.2, -0.15) is 0 Å². The van der Waals surface area contributed by atoms with Gasteiger partial charge in [0.05, 0.1) is 5.56 Å². The van der Waals surface area contributed by atoms with E-state index in [0.717, 1.165) is 0 Å². The van der Waals surface area contributed by atoms with E-state index >= 15 is 0 Å². The van der Waals surface area contributed by atoms with Crippen LogP contribution in [-0.4, -0.2) is 25.0 Å². The smallest absolute Gasteiger partial charge is 0.251 e. The van der Waals surface area contributed by atoms with Crippen LogP contribution < -0.4 is 10.6 Å². The molecule has 1 aromatic heterocycles. The van der Waals surface area contributed by atoms with Crippen LogP contribution in [0.15, 0.2) is 12.1 Å². The first kappa shape index (κ1) is 9.80. The van der Waals surface area contributed by atoms with E-state index in [9.17, 15) is 4.79 Å². The van der Waals surface area contributed by atoms with Crippen molar-refractivity contribution >= 4 is 23.3 Å². The van der Waals surface area contributed by atoms with Crippen molar-refractivity contribution < 1.29 is 4.79 Å². The minimum Gasteiger partial charge on any atom is -0.366 e. The molecule has 70 valence electrons. The third-order valence-electron chi connectivity index (χ3n) is 1.56. The van der Waals surface area contributed by atoms with Crippen LogP contribution in [0.3, 0.4) is 0 Å². The first-order chi connectivity index (χ1) is 6.02. The Morgan fingerprint density at radius 2 is 2.15 bits per heavy atom. The number of hydrogen-bond acceptors (Lipinski definition) is 3. The molecule has 0 fully saturated rings. The molecule has 4 nitrogen and oxygen atoms in total. The van der Waals surface area contributed by atoms with Gasteiger partial charge in [0.25, 0.3) is 5.91 Å². The van der Waals surface area contributed by atoms with E-state index < -0.39 is 5.91 Å². The van der Waals surface area contributed by atoms with E-state index in [1.54, 1.807) is 17.0 Å². The monoisotopic (exact) mass is 199 g/mol. The molecule has 0 radical (unpaired) electrons. The predicted molar refractivity (Wildman–Crippen MR) is 52.1 cm³/mol. The number of nitrogens with zero attached hydrogens (tertiary/aromatic N) is 2. The molecule has 13 heavy (non-hydrogen) atoms. The number of carbonyl (C=O) groups excluding carboxylic acids is 1. The molecular weight excluding hydrogens is 190 g/mol. The minimum absolute atomic E-state index is 0.138. The second kappa shape index (κ2) is 3.62. The molecule has 1 rings (SSSR count). The highest BCUT2D eigenvalue weighted by molar-refractivity contribution is 6.32. The largest absolute Gasteiger partial charge is 0.366 e. The minimum atomic E-state index is -0.567. The van der Waals surface area contributed by atoms with Gasteiger partial charge in [-0.25, -0.2) is 4.98 Å². The van der Waals surface area contributed by atoms with Gasteiger partial charge in [-0.15, -0.1) is 0 Å². The van der Waals surface area contributed by atoms with Crippen LogP contribution in [0.5, 0.6) is 0 Å². The molecule has 0 spiro atoms. The third kappa shape index (κ3) is 2.09. The van der Waals surface area contributed by atoms with Crippen molar-refractivity contribution in [3.8, 4) is 0 Å². The Morgan fingerprint density at radius 3 is 2.54 bits per heavy atom. The lowest BCUT2D eigenvalue weighted by atomic mass is 10.2. The zero-order chi connectivity index (χ0) is 10.0. The SMILES string of the molecule is CN(C)c1ccc(C(N)=O)c(Cl)n1. The van der Waals surface area contributed by atoms with Crippen LogP contribution in [-0.2, 0) is 0 Å². The van der Waals surface area contributed by atoms with Gasteiger partial charge in [0, 0.05) is 14.1 Å². The molecule has 1 amide bonds. The fourth-order valence-corrected chi connectivity index (χ4v) is 1.10. The highest BCUT2D eigenvalue weighted by Gasteiger charge is 2.08. The number of amides is 1. The lowest BCUT2D eigenvalue weighted by molar-refractivity contribution is 0.1000. The maximum absolute atomic E-state index is 10.8. The summed E-state index contributed by atoms with van der Waals surface area (Å²) >= 11 is 5.73. The summed E-state index contributed by atoms with van der Waals surface area (Å²) in [6.07, 6.45) is 0. The van der Waals surface area contributed by atoms with Crippen LogP contribution >= 0.6 is 11.6 Å². The molecule has 0 saturated carbocycles. The summed E-state index contributed by atoms with van der Waals surface area (Å²) in [4.78, 5) is 16.6. The molecule has 1 heterocycles.